The zero-order valence-corrected chi connectivity index (χ0v) is 16.9. The molecule has 2 atom stereocenters. The number of nitrogens with one attached hydrogen (secondary N) is 1. The van der Waals surface area contributed by atoms with Gasteiger partial charge >= 0.3 is 6.09 Å². The van der Waals surface area contributed by atoms with E-state index in [0.29, 0.717) is 11.7 Å². The standard InChI is InChI=1S/C21H28NO4P/c1-3-4-7-16-20(27(24,25-2)19-14-10-6-11-15-19)22-21(23)26-17-18-12-8-5-9-13-18/h5-6,8-15,20H,3-4,7,16-17H2,1-2H3,(H,22,23)/t20-,27-/m1/s1. The molecule has 0 bridgehead atoms. The number of ether oxygens (including phenoxy) is 1. The normalized spacial score (nSPS) is 14.1. The van der Waals surface area contributed by atoms with Gasteiger partial charge in [-0.3, -0.25) is 4.57 Å². The van der Waals surface area contributed by atoms with Crippen LogP contribution in [0.4, 0.5) is 4.79 Å². The molecule has 0 spiro atoms. The highest BCUT2D eigenvalue weighted by Crippen LogP contribution is 2.50. The van der Waals surface area contributed by atoms with Crippen LogP contribution in [0.15, 0.2) is 60.7 Å². The maximum absolute atomic E-state index is 13.6. The van der Waals surface area contributed by atoms with E-state index in [-0.39, 0.29) is 6.61 Å². The molecule has 2 aromatic carbocycles. The molecule has 0 unspecified atom stereocenters. The predicted molar refractivity (Wildman–Crippen MR) is 108 cm³/mol. The van der Waals surface area contributed by atoms with Crippen molar-refractivity contribution in [1.82, 2.24) is 5.32 Å². The molecular formula is C21H28NO4P. The summed E-state index contributed by atoms with van der Waals surface area (Å²) in [7, 11) is -1.84. The SMILES string of the molecule is CCCCC[C@H](NC(=O)OCc1ccccc1)[P@](=O)(OC)c1ccccc1. The lowest BCUT2D eigenvalue weighted by molar-refractivity contribution is 0.137. The molecule has 6 heteroatoms. The van der Waals surface area contributed by atoms with Gasteiger partial charge in [-0.15, -0.1) is 0 Å². The van der Waals surface area contributed by atoms with Gasteiger partial charge in [0.15, 0.2) is 0 Å². The van der Waals surface area contributed by atoms with Gasteiger partial charge in [0.05, 0.1) is 0 Å². The Morgan fingerprint density at radius 3 is 2.26 bits per heavy atom. The Kier molecular flexibility index (Phi) is 8.56. The van der Waals surface area contributed by atoms with Gasteiger partial charge < -0.3 is 14.6 Å². The van der Waals surface area contributed by atoms with Crippen LogP contribution in [0.2, 0.25) is 0 Å². The zero-order valence-electron chi connectivity index (χ0n) is 16.0. The average molecular weight is 389 g/mol. The first-order valence-electron chi connectivity index (χ1n) is 9.28. The summed E-state index contributed by atoms with van der Waals surface area (Å²) < 4.78 is 24.4. The second-order valence-electron chi connectivity index (χ2n) is 6.33. The summed E-state index contributed by atoms with van der Waals surface area (Å²) in [5.41, 5.74) is 0.896. The van der Waals surface area contributed by atoms with E-state index < -0.39 is 19.2 Å². The molecule has 0 aromatic heterocycles. The van der Waals surface area contributed by atoms with Gasteiger partial charge in [0.25, 0.3) is 7.37 Å². The second kappa shape index (κ2) is 10.9. The number of hydrogen-bond donors (Lipinski definition) is 1. The predicted octanol–water partition coefficient (Wildman–Crippen LogP) is 5.07. The molecule has 0 fully saturated rings. The lowest BCUT2D eigenvalue weighted by Crippen LogP contribution is -2.38. The van der Waals surface area contributed by atoms with Gasteiger partial charge in [-0.1, -0.05) is 74.7 Å². The van der Waals surface area contributed by atoms with Crippen LogP contribution >= 0.6 is 7.37 Å². The highest BCUT2D eigenvalue weighted by molar-refractivity contribution is 7.67. The number of hydrogen-bond acceptors (Lipinski definition) is 4. The van der Waals surface area contributed by atoms with Gasteiger partial charge in [0.1, 0.15) is 12.4 Å². The third-order valence-electron chi connectivity index (χ3n) is 4.38. The van der Waals surface area contributed by atoms with Crippen LogP contribution in [-0.2, 0) is 20.4 Å². The van der Waals surface area contributed by atoms with Crippen molar-refractivity contribution in [2.45, 2.75) is 45.0 Å². The minimum Gasteiger partial charge on any atom is -0.445 e. The van der Waals surface area contributed by atoms with Crippen LogP contribution in [0.5, 0.6) is 0 Å². The number of rotatable bonds is 10. The highest BCUT2D eigenvalue weighted by atomic mass is 31.2. The third-order valence-corrected chi connectivity index (χ3v) is 7.14. The largest absolute Gasteiger partial charge is 0.445 e. The average Bonchev–Trinajstić information content (AvgIpc) is 2.72. The molecule has 2 rings (SSSR count). The quantitative estimate of drug-likeness (QED) is 0.455. The summed E-state index contributed by atoms with van der Waals surface area (Å²) in [5.74, 6) is -0.625. The van der Waals surface area contributed by atoms with Crippen molar-refractivity contribution in [2.75, 3.05) is 7.11 Å². The Hall–Kier alpha value is -2.10. The van der Waals surface area contributed by atoms with E-state index in [1.165, 1.54) is 7.11 Å². The fraction of sp³-hybridized carbons (Fsp3) is 0.381. The van der Waals surface area contributed by atoms with Gasteiger partial charge in [-0.25, -0.2) is 4.79 Å². The fourth-order valence-electron chi connectivity index (χ4n) is 2.86. The van der Waals surface area contributed by atoms with Crippen LogP contribution in [0.1, 0.15) is 38.2 Å². The van der Waals surface area contributed by atoms with Crippen molar-refractivity contribution < 1.29 is 18.6 Å². The number of amides is 1. The van der Waals surface area contributed by atoms with Crippen molar-refractivity contribution in [3.05, 3.63) is 66.2 Å². The minimum atomic E-state index is -3.26. The van der Waals surface area contributed by atoms with Crippen LogP contribution in [0.3, 0.4) is 0 Å². The smallest absolute Gasteiger partial charge is 0.408 e. The number of carbonyl (C=O) groups excluding carboxylic acids is 1. The molecule has 0 saturated heterocycles. The van der Waals surface area contributed by atoms with E-state index in [1.807, 2.05) is 48.5 Å². The van der Waals surface area contributed by atoms with E-state index in [0.717, 1.165) is 24.8 Å². The number of alkyl carbamates (subject to hydrolysis) is 1. The lowest BCUT2D eigenvalue weighted by atomic mass is 10.2. The summed E-state index contributed by atoms with van der Waals surface area (Å²) in [6, 6.07) is 18.5. The van der Waals surface area contributed by atoms with Crippen LogP contribution in [0, 0.1) is 0 Å². The Morgan fingerprint density at radius 1 is 1.04 bits per heavy atom. The lowest BCUT2D eigenvalue weighted by Gasteiger charge is -2.27. The van der Waals surface area contributed by atoms with Crippen LogP contribution in [-0.4, -0.2) is 19.0 Å². The monoisotopic (exact) mass is 389 g/mol. The molecule has 1 amide bonds. The molecule has 1 N–H and O–H groups in total. The Bertz CT molecular complexity index is 736. The maximum Gasteiger partial charge on any atom is 0.408 e. The summed E-state index contributed by atoms with van der Waals surface area (Å²) in [4.78, 5) is 12.3. The highest BCUT2D eigenvalue weighted by Gasteiger charge is 2.36. The van der Waals surface area contributed by atoms with E-state index in [2.05, 4.69) is 12.2 Å². The van der Waals surface area contributed by atoms with E-state index >= 15 is 0 Å². The van der Waals surface area contributed by atoms with Gasteiger partial charge in [-0.2, -0.15) is 0 Å². The van der Waals surface area contributed by atoms with Crippen LogP contribution in [0.25, 0.3) is 0 Å². The molecular weight excluding hydrogens is 361 g/mol. The minimum absolute atomic E-state index is 0.164. The van der Waals surface area contributed by atoms with Crippen molar-refractivity contribution >= 4 is 18.8 Å². The Morgan fingerprint density at radius 2 is 1.67 bits per heavy atom. The first-order chi connectivity index (χ1) is 13.1. The topological polar surface area (TPSA) is 64.6 Å². The van der Waals surface area contributed by atoms with E-state index in [1.54, 1.807) is 12.1 Å². The molecule has 0 aliphatic rings. The summed E-state index contributed by atoms with van der Waals surface area (Å²) in [6.45, 7) is 2.26. The molecule has 0 aliphatic carbocycles. The number of benzene rings is 2. The van der Waals surface area contributed by atoms with Gasteiger partial charge in [0.2, 0.25) is 0 Å². The van der Waals surface area contributed by atoms with Crippen molar-refractivity contribution in [1.29, 1.82) is 0 Å². The van der Waals surface area contributed by atoms with E-state index in [9.17, 15) is 9.36 Å². The molecule has 0 saturated carbocycles. The molecule has 27 heavy (non-hydrogen) atoms. The second-order valence-corrected chi connectivity index (χ2v) is 9.03. The van der Waals surface area contributed by atoms with Crippen molar-refractivity contribution in [3.63, 3.8) is 0 Å². The Labute approximate surface area is 161 Å². The van der Waals surface area contributed by atoms with E-state index in [4.69, 9.17) is 9.26 Å². The van der Waals surface area contributed by atoms with Gasteiger partial charge in [0, 0.05) is 12.4 Å². The summed E-state index contributed by atoms with van der Waals surface area (Å²) >= 11 is 0. The fourth-order valence-corrected chi connectivity index (χ4v) is 5.07. The molecule has 5 nitrogen and oxygen atoms in total. The number of carbonyl (C=O) groups is 1. The molecule has 0 radical (unpaired) electrons. The molecule has 0 aliphatic heterocycles. The summed E-state index contributed by atoms with van der Waals surface area (Å²) in [5, 5.41) is 3.38. The van der Waals surface area contributed by atoms with Gasteiger partial charge in [-0.05, 0) is 24.1 Å². The molecule has 0 heterocycles. The Balaban J connectivity index is 2.10. The first-order valence-corrected chi connectivity index (χ1v) is 11.0. The third kappa shape index (κ3) is 6.23. The number of unbranched alkanes of at least 4 members (excludes halogenated alkanes) is 2. The van der Waals surface area contributed by atoms with Crippen molar-refractivity contribution in [2.24, 2.45) is 0 Å². The summed E-state index contributed by atoms with van der Waals surface area (Å²) in [6.07, 6.45) is 2.85. The van der Waals surface area contributed by atoms with Crippen molar-refractivity contribution in [3.8, 4) is 0 Å². The van der Waals surface area contributed by atoms with Crippen LogP contribution < -0.4 is 10.6 Å². The zero-order chi connectivity index (χ0) is 19.5. The molecule has 146 valence electrons. The first kappa shape index (κ1) is 21.2. The maximum atomic E-state index is 13.6. The molecule has 2 aromatic rings.